The third kappa shape index (κ3) is 3.99. The standard InChI is InChI=1S/C8H16N2O2S/c9-8(13)1-2-10-3-4-12-7(5-10)6-11/h7,11H,1-6H2,(H2,9,13). The number of thiocarbonyl (C=S) groups is 1. The van der Waals surface area contributed by atoms with Gasteiger partial charge in [-0.15, -0.1) is 0 Å². The lowest BCUT2D eigenvalue weighted by Crippen LogP contribution is -2.44. The van der Waals surface area contributed by atoms with E-state index in [4.69, 9.17) is 27.8 Å². The van der Waals surface area contributed by atoms with Gasteiger partial charge in [-0.3, -0.25) is 4.90 Å². The van der Waals surface area contributed by atoms with Crippen LogP contribution in [-0.2, 0) is 4.74 Å². The number of hydrogen-bond donors (Lipinski definition) is 2. The minimum Gasteiger partial charge on any atom is -0.394 e. The highest BCUT2D eigenvalue weighted by Crippen LogP contribution is 2.04. The Bertz CT molecular complexity index is 178. The fourth-order valence-corrected chi connectivity index (χ4v) is 1.45. The molecule has 0 aliphatic carbocycles. The van der Waals surface area contributed by atoms with Gasteiger partial charge >= 0.3 is 0 Å². The van der Waals surface area contributed by atoms with Gasteiger partial charge in [0.15, 0.2) is 0 Å². The van der Waals surface area contributed by atoms with Crippen LogP contribution in [0.15, 0.2) is 0 Å². The predicted molar refractivity (Wildman–Crippen MR) is 54.7 cm³/mol. The summed E-state index contributed by atoms with van der Waals surface area (Å²) in [4.78, 5) is 2.76. The fraction of sp³-hybridized carbons (Fsp3) is 0.875. The molecule has 0 bridgehead atoms. The van der Waals surface area contributed by atoms with Crippen LogP contribution in [0.1, 0.15) is 6.42 Å². The molecule has 76 valence electrons. The van der Waals surface area contributed by atoms with Crippen LogP contribution in [0.3, 0.4) is 0 Å². The van der Waals surface area contributed by atoms with Crippen molar-refractivity contribution in [3.63, 3.8) is 0 Å². The number of nitrogens with zero attached hydrogens (tertiary/aromatic N) is 1. The molecule has 1 saturated heterocycles. The maximum absolute atomic E-state index is 8.88. The first-order chi connectivity index (χ1) is 6.22. The van der Waals surface area contributed by atoms with E-state index in [1.165, 1.54) is 0 Å². The van der Waals surface area contributed by atoms with E-state index in [1.54, 1.807) is 0 Å². The van der Waals surface area contributed by atoms with Gasteiger partial charge in [-0.05, 0) is 0 Å². The molecule has 1 aliphatic heterocycles. The smallest absolute Gasteiger partial charge is 0.0932 e. The molecule has 0 amide bonds. The summed E-state index contributed by atoms with van der Waals surface area (Å²) in [7, 11) is 0. The van der Waals surface area contributed by atoms with Gasteiger partial charge in [0.2, 0.25) is 0 Å². The predicted octanol–water partition coefficient (Wildman–Crippen LogP) is -0.644. The van der Waals surface area contributed by atoms with E-state index < -0.39 is 0 Å². The first-order valence-corrected chi connectivity index (χ1v) is 4.86. The summed E-state index contributed by atoms with van der Waals surface area (Å²) in [6.45, 7) is 3.32. The molecule has 13 heavy (non-hydrogen) atoms. The minimum atomic E-state index is -0.0416. The van der Waals surface area contributed by atoms with Gasteiger partial charge in [0, 0.05) is 26.1 Å². The molecule has 0 aromatic heterocycles. The third-order valence-electron chi connectivity index (χ3n) is 2.10. The summed E-state index contributed by atoms with van der Waals surface area (Å²) in [5.41, 5.74) is 5.40. The molecule has 1 rings (SSSR count). The van der Waals surface area contributed by atoms with E-state index >= 15 is 0 Å². The summed E-state index contributed by atoms with van der Waals surface area (Å²) in [6.07, 6.45) is 0.702. The monoisotopic (exact) mass is 204 g/mol. The molecule has 0 radical (unpaired) electrons. The van der Waals surface area contributed by atoms with Crippen LogP contribution in [0.4, 0.5) is 0 Å². The maximum atomic E-state index is 8.88. The van der Waals surface area contributed by atoms with E-state index in [9.17, 15) is 0 Å². The fourth-order valence-electron chi connectivity index (χ4n) is 1.36. The quantitative estimate of drug-likeness (QED) is 0.596. The molecule has 1 atom stereocenters. The Morgan fingerprint density at radius 3 is 3.08 bits per heavy atom. The average molecular weight is 204 g/mol. The second kappa shape index (κ2) is 5.49. The lowest BCUT2D eigenvalue weighted by Gasteiger charge is -2.31. The lowest BCUT2D eigenvalue weighted by molar-refractivity contribution is -0.0518. The number of hydrogen-bond acceptors (Lipinski definition) is 4. The van der Waals surface area contributed by atoms with Crippen molar-refractivity contribution in [3.8, 4) is 0 Å². The van der Waals surface area contributed by atoms with Gasteiger partial charge in [-0.25, -0.2) is 0 Å². The minimum absolute atomic E-state index is 0.0416. The van der Waals surface area contributed by atoms with Crippen LogP contribution in [0.5, 0.6) is 0 Å². The van der Waals surface area contributed by atoms with Gasteiger partial charge in [-0.2, -0.15) is 0 Å². The summed E-state index contributed by atoms with van der Waals surface area (Å²) in [5.74, 6) is 0. The van der Waals surface area contributed by atoms with Crippen LogP contribution in [0.2, 0.25) is 0 Å². The summed E-state index contributed by atoms with van der Waals surface area (Å²) in [5, 5.41) is 8.88. The van der Waals surface area contributed by atoms with Crippen LogP contribution >= 0.6 is 12.2 Å². The van der Waals surface area contributed by atoms with Crippen LogP contribution in [-0.4, -0.2) is 53.9 Å². The molecule has 0 aromatic rings. The molecule has 1 fully saturated rings. The van der Waals surface area contributed by atoms with E-state index in [2.05, 4.69) is 4.90 Å². The summed E-state index contributed by atoms with van der Waals surface area (Å²) >= 11 is 4.79. The normalized spacial score (nSPS) is 24.5. The second-order valence-electron chi connectivity index (χ2n) is 3.19. The molecule has 0 spiro atoms. The molecule has 1 heterocycles. The number of rotatable bonds is 4. The van der Waals surface area contributed by atoms with E-state index in [0.29, 0.717) is 11.6 Å². The molecule has 5 heteroatoms. The largest absolute Gasteiger partial charge is 0.394 e. The van der Waals surface area contributed by atoms with Crippen molar-refractivity contribution in [2.75, 3.05) is 32.8 Å². The molecular weight excluding hydrogens is 188 g/mol. The highest BCUT2D eigenvalue weighted by atomic mass is 32.1. The van der Waals surface area contributed by atoms with E-state index in [0.717, 1.165) is 26.1 Å². The third-order valence-corrected chi connectivity index (χ3v) is 2.31. The Morgan fingerprint density at radius 1 is 1.69 bits per heavy atom. The van der Waals surface area contributed by atoms with Crippen molar-refractivity contribution in [2.45, 2.75) is 12.5 Å². The zero-order valence-electron chi connectivity index (χ0n) is 7.61. The molecule has 4 nitrogen and oxygen atoms in total. The van der Waals surface area contributed by atoms with Crippen molar-refractivity contribution < 1.29 is 9.84 Å². The topological polar surface area (TPSA) is 58.7 Å². The summed E-state index contributed by atoms with van der Waals surface area (Å²) < 4.78 is 5.31. The van der Waals surface area contributed by atoms with Crippen molar-refractivity contribution in [3.05, 3.63) is 0 Å². The number of morpholine rings is 1. The van der Waals surface area contributed by atoms with E-state index in [1.807, 2.05) is 0 Å². The molecule has 3 N–H and O–H groups in total. The maximum Gasteiger partial charge on any atom is 0.0932 e. The van der Waals surface area contributed by atoms with Crippen molar-refractivity contribution in [1.29, 1.82) is 0 Å². The number of aliphatic hydroxyl groups excluding tert-OH is 1. The zero-order chi connectivity index (χ0) is 9.68. The first kappa shape index (κ1) is 10.8. The molecule has 0 saturated carbocycles. The van der Waals surface area contributed by atoms with Crippen LogP contribution < -0.4 is 5.73 Å². The average Bonchev–Trinajstić information content (AvgIpc) is 2.15. The SMILES string of the molecule is NC(=S)CCN1CCOC(CO)C1. The molecular formula is C8H16N2O2S. The Morgan fingerprint density at radius 2 is 2.46 bits per heavy atom. The van der Waals surface area contributed by atoms with Gasteiger partial charge < -0.3 is 15.6 Å². The Kier molecular flexibility index (Phi) is 4.58. The molecule has 1 aliphatic rings. The Hall–Kier alpha value is -0.230. The van der Waals surface area contributed by atoms with E-state index in [-0.39, 0.29) is 12.7 Å². The number of nitrogens with two attached hydrogens (primary N) is 1. The van der Waals surface area contributed by atoms with Gasteiger partial charge in [0.1, 0.15) is 0 Å². The lowest BCUT2D eigenvalue weighted by atomic mass is 10.2. The molecule has 1 unspecified atom stereocenters. The van der Waals surface area contributed by atoms with Crippen LogP contribution in [0.25, 0.3) is 0 Å². The van der Waals surface area contributed by atoms with Gasteiger partial charge in [0.25, 0.3) is 0 Å². The highest BCUT2D eigenvalue weighted by molar-refractivity contribution is 7.80. The van der Waals surface area contributed by atoms with Gasteiger partial charge in [0.05, 0.1) is 24.3 Å². The highest BCUT2D eigenvalue weighted by Gasteiger charge is 2.18. The zero-order valence-corrected chi connectivity index (χ0v) is 8.42. The molecule has 0 aromatic carbocycles. The Labute approximate surface area is 83.7 Å². The summed E-state index contributed by atoms with van der Waals surface area (Å²) in [6, 6.07) is 0. The van der Waals surface area contributed by atoms with Crippen LogP contribution in [0, 0.1) is 0 Å². The van der Waals surface area contributed by atoms with Crippen molar-refractivity contribution in [2.24, 2.45) is 5.73 Å². The van der Waals surface area contributed by atoms with Crippen molar-refractivity contribution >= 4 is 17.2 Å². The number of ether oxygens (including phenoxy) is 1. The van der Waals surface area contributed by atoms with Crippen molar-refractivity contribution in [1.82, 2.24) is 4.90 Å². The number of aliphatic hydroxyl groups is 1. The van der Waals surface area contributed by atoms with Gasteiger partial charge in [-0.1, -0.05) is 12.2 Å². The first-order valence-electron chi connectivity index (χ1n) is 4.45. The second-order valence-corrected chi connectivity index (χ2v) is 3.72. The Balaban J connectivity index is 2.21.